The fourth-order valence-electron chi connectivity index (χ4n) is 4.44. The Morgan fingerprint density at radius 1 is 1.36 bits per heavy atom. The molecule has 0 spiro atoms. The first-order chi connectivity index (χ1) is 16.1. The highest BCUT2D eigenvalue weighted by Gasteiger charge is 2.46. The number of nitriles is 1. The molecular weight excluding hydrogens is 418 g/mol. The largest absolute Gasteiger partial charge is 0.396 e. The minimum atomic E-state index is -0.329. The molecular formula is C23H27N9O. The van der Waals surface area contributed by atoms with Crippen molar-refractivity contribution in [1.82, 2.24) is 24.4 Å². The first-order valence-electron chi connectivity index (χ1n) is 11.3. The molecule has 0 aliphatic carbocycles. The number of hydrogen-bond acceptors (Lipinski definition) is 8. The van der Waals surface area contributed by atoms with Crippen molar-refractivity contribution >= 4 is 23.5 Å². The van der Waals surface area contributed by atoms with Crippen LogP contribution in [-0.4, -0.2) is 61.4 Å². The molecule has 0 radical (unpaired) electrons. The molecule has 1 unspecified atom stereocenters. The smallest absolute Gasteiger partial charge is 0.247 e. The van der Waals surface area contributed by atoms with Gasteiger partial charge < -0.3 is 15.3 Å². The van der Waals surface area contributed by atoms with Crippen LogP contribution in [0.15, 0.2) is 47.5 Å². The molecule has 2 N–H and O–H groups in total. The van der Waals surface area contributed by atoms with E-state index in [9.17, 15) is 5.26 Å². The number of anilines is 2. The standard InChI is InChI=1S/C23H27N9O/c1-2-17-12-26-32(14-17)23(7-8-24)15-30(16-23)20-6-3-9-31-21(20)28-22(29-31)27-19-11-18(25-13-19)5-4-10-33/h3,6,9,11-14,18,33H,2,4-5,7,10,15-16H2,1H3,(H,27,29). The van der Waals surface area contributed by atoms with Gasteiger partial charge in [-0.25, -0.2) is 4.52 Å². The summed E-state index contributed by atoms with van der Waals surface area (Å²) in [4.78, 5) is 11.4. The van der Waals surface area contributed by atoms with Crippen LogP contribution in [0.5, 0.6) is 0 Å². The Labute approximate surface area is 191 Å². The fraction of sp³-hybridized carbons (Fsp3) is 0.435. The molecule has 5 heterocycles. The fourth-order valence-corrected chi connectivity index (χ4v) is 4.44. The Morgan fingerprint density at radius 2 is 2.24 bits per heavy atom. The quantitative estimate of drug-likeness (QED) is 0.518. The van der Waals surface area contributed by atoms with Gasteiger partial charge in [0.15, 0.2) is 5.65 Å². The third-order valence-electron chi connectivity index (χ3n) is 6.28. The van der Waals surface area contributed by atoms with E-state index < -0.39 is 0 Å². The number of aryl methyl sites for hydroxylation is 1. The number of aliphatic hydroxyl groups excluding tert-OH is 1. The Kier molecular flexibility index (Phi) is 5.56. The van der Waals surface area contributed by atoms with Gasteiger partial charge in [0, 0.05) is 38.3 Å². The number of fused-ring (bicyclic) bond motifs is 1. The zero-order valence-electron chi connectivity index (χ0n) is 18.6. The molecule has 2 aliphatic rings. The van der Waals surface area contributed by atoms with Crippen LogP contribution < -0.4 is 10.2 Å². The number of rotatable bonds is 9. The number of pyridine rings is 1. The van der Waals surface area contributed by atoms with Crippen LogP contribution in [0.25, 0.3) is 5.65 Å². The Bertz CT molecular complexity index is 1240. The van der Waals surface area contributed by atoms with Crippen LogP contribution in [-0.2, 0) is 12.0 Å². The lowest BCUT2D eigenvalue weighted by Crippen LogP contribution is -2.63. The van der Waals surface area contributed by atoms with Crippen molar-refractivity contribution in [2.24, 2.45) is 4.99 Å². The summed E-state index contributed by atoms with van der Waals surface area (Å²) in [6.45, 7) is 3.65. The molecule has 0 bridgehead atoms. The molecule has 3 aromatic heterocycles. The van der Waals surface area contributed by atoms with Gasteiger partial charge in [-0.05, 0) is 43.0 Å². The van der Waals surface area contributed by atoms with Gasteiger partial charge in [-0.2, -0.15) is 15.3 Å². The van der Waals surface area contributed by atoms with Gasteiger partial charge >= 0.3 is 0 Å². The second-order valence-electron chi connectivity index (χ2n) is 8.62. The summed E-state index contributed by atoms with van der Waals surface area (Å²) < 4.78 is 3.72. The molecule has 33 heavy (non-hydrogen) atoms. The van der Waals surface area contributed by atoms with Crippen molar-refractivity contribution in [1.29, 1.82) is 5.26 Å². The van der Waals surface area contributed by atoms with E-state index in [0.717, 1.165) is 36.3 Å². The zero-order chi connectivity index (χ0) is 22.8. The normalized spacial score (nSPS) is 18.9. The Balaban J connectivity index is 1.34. The SMILES string of the molecule is CCc1cnn(C2(CC#N)CN(c3cccn4nc(NC5=CC(CCCO)N=C5)nc34)C2)c1. The van der Waals surface area contributed by atoms with E-state index in [4.69, 9.17) is 10.1 Å². The molecule has 3 aromatic rings. The molecule has 5 rings (SSSR count). The number of aromatic nitrogens is 5. The van der Waals surface area contributed by atoms with Crippen molar-refractivity contribution in [2.45, 2.75) is 44.2 Å². The average Bonchev–Trinajstić information content (AvgIpc) is 3.54. The van der Waals surface area contributed by atoms with Gasteiger partial charge in [-0.1, -0.05) is 6.92 Å². The van der Waals surface area contributed by atoms with Gasteiger partial charge in [-0.3, -0.25) is 9.67 Å². The lowest BCUT2D eigenvalue weighted by Gasteiger charge is -2.50. The highest BCUT2D eigenvalue weighted by molar-refractivity contribution is 5.85. The van der Waals surface area contributed by atoms with Crippen molar-refractivity contribution < 1.29 is 5.11 Å². The van der Waals surface area contributed by atoms with Crippen LogP contribution in [0.2, 0.25) is 0 Å². The third-order valence-corrected chi connectivity index (χ3v) is 6.28. The number of nitrogens with one attached hydrogen (secondary N) is 1. The summed E-state index contributed by atoms with van der Waals surface area (Å²) in [6.07, 6.45) is 12.5. The van der Waals surface area contributed by atoms with Crippen LogP contribution >= 0.6 is 0 Å². The number of hydrogen-bond donors (Lipinski definition) is 2. The number of aliphatic hydroxyl groups is 1. The maximum Gasteiger partial charge on any atom is 0.247 e. The predicted octanol–water partition coefficient (Wildman–Crippen LogP) is 2.14. The third kappa shape index (κ3) is 3.96. The number of nitrogens with zero attached hydrogens (tertiary/aromatic N) is 8. The Morgan fingerprint density at radius 3 is 3.00 bits per heavy atom. The topological polar surface area (TPSA) is 120 Å². The van der Waals surface area contributed by atoms with E-state index in [2.05, 4.69) is 44.6 Å². The van der Waals surface area contributed by atoms with E-state index >= 15 is 0 Å². The van der Waals surface area contributed by atoms with E-state index in [1.54, 1.807) is 10.7 Å². The van der Waals surface area contributed by atoms with Crippen molar-refractivity contribution in [3.05, 3.63) is 48.1 Å². The van der Waals surface area contributed by atoms with Crippen molar-refractivity contribution in [3.8, 4) is 6.07 Å². The summed E-state index contributed by atoms with van der Waals surface area (Å²) in [5, 5.41) is 30.8. The van der Waals surface area contributed by atoms with Crippen LogP contribution in [0, 0.1) is 11.3 Å². The van der Waals surface area contributed by atoms with Gasteiger partial charge in [0.2, 0.25) is 5.95 Å². The van der Waals surface area contributed by atoms with E-state index in [1.807, 2.05) is 35.3 Å². The van der Waals surface area contributed by atoms with Crippen LogP contribution in [0.3, 0.4) is 0 Å². The molecule has 170 valence electrons. The first-order valence-corrected chi connectivity index (χ1v) is 11.3. The van der Waals surface area contributed by atoms with Crippen LogP contribution in [0.1, 0.15) is 31.7 Å². The summed E-state index contributed by atoms with van der Waals surface area (Å²) in [5.41, 5.74) is 3.43. The molecule has 0 saturated carbocycles. The lowest BCUT2D eigenvalue weighted by molar-refractivity contribution is 0.198. The van der Waals surface area contributed by atoms with Crippen molar-refractivity contribution in [3.63, 3.8) is 0 Å². The van der Waals surface area contributed by atoms with Crippen LogP contribution in [0.4, 0.5) is 11.6 Å². The first kappa shape index (κ1) is 21.2. The van der Waals surface area contributed by atoms with E-state index in [1.165, 1.54) is 5.56 Å². The second kappa shape index (κ2) is 8.67. The summed E-state index contributed by atoms with van der Waals surface area (Å²) >= 11 is 0. The van der Waals surface area contributed by atoms with Gasteiger partial charge in [0.05, 0.1) is 36.1 Å². The second-order valence-corrected chi connectivity index (χ2v) is 8.62. The molecule has 0 amide bonds. The molecule has 1 fully saturated rings. The average molecular weight is 446 g/mol. The molecule has 0 aromatic carbocycles. The monoisotopic (exact) mass is 445 g/mol. The van der Waals surface area contributed by atoms with E-state index in [0.29, 0.717) is 25.5 Å². The van der Waals surface area contributed by atoms with Crippen molar-refractivity contribution in [2.75, 3.05) is 29.9 Å². The van der Waals surface area contributed by atoms with Gasteiger partial charge in [0.1, 0.15) is 5.54 Å². The maximum atomic E-state index is 9.45. The molecule has 1 saturated heterocycles. The minimum absolute atomic E-state index is 0.0807. The van der Waals surface area contributed by atoms with Gasteiger partial charge in [0.25, 0.3) is 0 Å². The summed E-state index contributed by atoms with van der Waals surface area (Å²) in [7, 11) is 0. The summed E-state index contributed by atoms with van der Waals surface area (Å²) in [6, 6.07) is 6.41. The zero-order valence-corrected chi connectivity index (χ0v) is 18.6. The Hall–Kier alpha value is -3.71. The number of allylic oxidation sites excluding steroid dienone is 1. The van der Waals surface area contributed by atoms with E-state index in [-0.39, 0.29) is 18.2 Å². The molecule has 2 aliphatic heterocycles. The summed E-state index contributed by atoms with van der Waals surface area (Å²) in [5.74, 6) is 0.506. The minimum Gasteiger partial charge on any atom is -0.396 e. The lowest BCUT2D eigenvalue weighted by atomic mass is 9.86. The molecule has 10 heteroatoms. The predicted molar refractivity (Wildman–Crippen MR) is 125 cm³/mol. The molecule has 10 nitrogen and oxygen atoms in total. The highest BCUT2D eigenvalue weighted by Crippen LogP contribution is 2.37. The number of aliphatic imine (C=N–C) groups is 1. The maximum absolute atomic E-state index is 9.45. The highest BCUT2D eigenvalue weighted by atomic mass is 16.2. The van der Waals surface area contributed by atoms with Gasteiger partial charge in [-0.15, -0.1) is 5.10 Å². The molecule has 1 atom stereocenters.